The minimum Gasteiger partial charge on any atom is -0.461 e. The smallest absolute Gasteiger partial charge is 0.308 e. The summed E-state index contributed by atoms with van der Waals surface area (Å²) in [5.74, 6) is -2.06. The maximum atomic E-state index is 14.9. The minimum absolute atomic E-state index is 0.0233. The highest BCUT2D eigenvalue weighted by molar-refractivity contribution is 8.00. The largest absolute Gasteiger partial charge is 0.461 e. The maximum Gasteiger partial charge on any atom is 0.308 e. The van der Waals surface area contributed by atoms with Gasteiger partial charge >= 0.3 is 5.97 Å². The summed E-state index contributed by atoms with van der Waals surface area (Å²) in [5, 5.41) is 31.6. The Morgan fingerprint density at radius 3 is 1.37 bits per heavy atom. The molecule has 5 N–H and O–H groups in total. The van der Waals surface area contributed by atoms with Crippen molar-refractivity contribution in [2.24, 2.45) is 5.92 Å². The first-order chi connectivity index (χ1) is 38.4. The summed E-state index contributed by atoms with van der Waals surface area (Å²) in [6.07, 6.45) is 2.44. The van der Waals surface area contributed by atoms with Crippen molar-refractivity contribution >= 4 is 47.2 Å². The zero-order valence-electron chi connectivity index (χ0n) is 44.8. The van der Waals surface area contributed by atoms with Gasteiger partial charge in [-0.25, -0.2) is 0 Å². The van der Waals surface area contributed by atoms with Crippen LogP contribution in [0.5, 0.6) is 0 Å². The molecule has 79 heavy (non-hydrogen) atoms. The van der Waals surface area contributed by atoms with E-state index in [0.717, 1.165) is 38.9 Å². The first-order valence-electron chi connectivity index (χ1n) is 26.8. The molecule has 7 rings (SSSR count). The van der Waals surface area contributed by atoms with Gasteiger partial charge in [-0.1, -0.05) is 251 Å². The van der Waals surface area contributed by atoms with Crippen LogP contribution in [0, 0.1) is 5.92 Å². The van der Waals surface area contributed by atoms with Crippen LogP contribution in [0.1, 0.15) is 72.1 Å². The monoisotopic (exact) mass is 1090 g/mol. The summed E-state index contributed by atoms with van der Waals surface area (Å²) in [6.45, 7) is 7.20. The molecule has 0 saturated heterocycles. The van der Waals surface area contributed by atoms with Crippen molar-refractivity contribution in [3.05, 3.63) is 276 Å². The fourth-order valence-electron chi connectivity index (χ4n) is 9.78. The van der Waals surface area contributed by atoms with Gasteiger partial charge in [0.15, 0.2) is 0 Å². The number of nitrogens with one attached hydrogen (secondary N) is 3. The first kappa shape index (κ1) is 59.2. The van der Waals surface area contributed by atoms with Crippen molar-refractivity contribution in [3.63, 3.8) is 0 Å². The van der Waals surface area contributed by atoms with E-state index in [0.29, 0.717) is 12.2 Å². The third-order valence-corrected chi connectivity index (χ3v) is 16.9. The molecule has 10 nitrogen and oxygen atoms in total. The third-order valence-electron chi connectivity index (χ3n) is 13.7. The number of amides is 3. The molecule has 7 aromatic rings. The highest BCUT2D eigenvalue weighted by Crippen LogP contribution is 2.50. The second-order valence-electron chi connectivity index (χ2n) is 19.6. The fourth-order valence-corrected chi connectivity index (χ4v) is 12.8. The molecule has 7 aromatic carbocycles. The Hall–Kier alpha value is -7.48. The molecule has 3 unspecified atom stereocenters. The molecule has 0 aliphatic rings. The number of carbonyl (C=O) groups excluding carboxylic acids is 4. The Labute approximate surface area is 474 Å². The molecule has 0 radical (unpaired) electrons. The molecular weight excluding hydrogens is 1020 g/mol. The van der Waals surface area contributed by atoms with E-state index in [1.54, 1.807) is 17.8 Å². The Morgan fingerprint density at radius 2 is 0.949 bits per heavy atom. The third kappa shape index (κ3) is 16.1. The zero-order valence-corrected chi connectivity index (χ0v) is 46.4. The van der Waals surface area contributed by atoms with Crippen LogP contribution < -0.4 is 16.0 Å². The van der Waals surface area contributed by atoms with Crippen molar-refractivity contribution in [2.45, 2.75) is 79.4 Å². The van der Waals surface area contributed by atoms with Gasteiger partial charge in [-0.15, -0.1) is 23.5 Å². The predicted molar refractivity (Wildman–Crippen MR) is 320 cm³/mol. The van der Waals surface area contributed by atoms with Crippen molar-refractivity contribution < 1.29 is 34.1 Å². The number of hydrogen-bond acceptors (Lipinski definition) is 9. The molecule has 0 fully saturated rings. The molecule has 0 aliphatic carbocycles. The number of benzene rings is 7. The summed E-state index contributed by atoms with van der Waals surface area (Å²) in [5.41, 5.74) is 7.03. The number of aliphatic hydroxyl groups is 2. The van der Waals surface area contributed by atoms with Crippen molar-refractivity contribution in [1.29, 1.82) is 0 Å². The number of aliphatic hydroxyl groups excluding tert-OH is 2. The van der Waals surface area contributed by atoms with Gasteiger partial charge < -0.3 is 30.9 Å². The summed E-state index contributed by atoms with van der Waals surface area (Å²) in [4.78, 5) is 56.6. The summed E-state index contributed by atoms with van der Waals surface area (Å²) in [6, 6.07) is 67.1. The number of esters is 1. The second-order valence-corrected chi connectivity index (χ2v) is 22.1. The fraction of sp³-hybridized carbons (Fsp3) is 0.254. The van der Waals surface area contributed by atoms with Gasteiger partial charge in [0.2, 0.25) is 17.7 Å². The van der Waals surface area contributed by atoms with Gasteiger partial charge in [-0.2, -0.15) is 0 Å². The molecule has 3 amide bonds. The lowest BCUT2D eigenvalue weighted by Gasteiger charge is -2.37. The second kappa shape index (κ2) is 30.0. The first-order valence-corrected chi connectivity index (χ1v) is 28.8. The Balaban J connectivity index is 1.12. The number of hydrogen-bond donors (Lipinski definition) is 5. The van der Waals surface area contributed by atoms with E-state index in [1.165, 1.54) is 17.8 Å². The molecular formula is C67H71N3O7S2. The Kier molecular flexibility index (Phi) is 22.5. The SMILES string of the molecule is C=CCOC(=O)C[C@H](O)[C@H](NC(=O)C(CSC(c1ccccc1)(c1ccccc1)c1ccccc1)NC(=O)C(Cc1ccccc1)NC(=O)CC(O)C=CCCSC(c1ccccc1)(c1ccccc1)c1ccccc1)C(C)C. The van der Waals surface area contributed by atoms with Crippen LogP contribution in [0.15, 0.2) is 237 Å². The highest BCUT2D eigenvalue weighted by atomic mass is 32.2. The lowest BCUT2D eigenvalue weighted by Crippen LogP contribution is -2.58. The average Bonchev–Trinajstić information content (AvgIpc) is 3.68. The molecule has 0 aliphatic heterocycles. The van der Waals surface area contributed by atoms with Gasteiger partial charge in [-0.05, 0) is 57.0 Å². The van der Waals surface area contributed by atoms with Crippen molar-refractivity contribution in [2.75, 3.05) is 18.1 Å². The van der Waals surface area contributed by atoms with Crippen molar-refractivity contribution in [1.82, 2.24) is 16.0 Å². The van der Waals surface area contributed by atoms with Gasteiger partial charge in [0, 0.05) is 12.2 Å². The van der Waals surface area contributed by atoms with E-state index in [-0.39, 0.29) is 37.5 Å². The molecule has 0 aromatic heterocycles. The lowest BCUT2D eigenvalue weighted by molar-refractivity contribution is -0.145. The Morgan fingerprint density at radius 1 is 0.544 bits per heavy atom. The number of thioether (sulfide) groups is 2. The van der Waals surface area contributed by atoms with E-state index >= 15 is 0 Å². The van der Waals surface area contributed by atoms with E-state index in [9.17, 15) is 29.4 Å². The van der Waals surface area contributed by atoms with Crippen LogP contribution in [0.3, 0.4) is 0 Å². The van der Waals surface area contributed by atoms with E-state index in [4.69, 9.17) is 4.74 Å². The molecule has 0 heterocycles. The van der Waals surface area contributed by atoms with Crippen LogP contribution >= 0.6 is 23.5 Å². The standard InChI is InChI=1S/C67H71N3O7S2/c1-4-43-77-62(74)47-60(72)63(49(2)3)70-65(76)59(48-79-67(54-36-20-9-21-37-54,55-38-22-10-23-39-55)56-40-24-11-25-41-56)69-64(75)58(45-50-28-12-5-13-29-50)68-61(73)46-57(71)42-26-27-44-78-66(51-30-14-6-15-31-51,52-32-16-7-17-33-52)53-34-18-8-19-35-53/h4-26,28-42,49,57-60,63,71-72H,1,27,43-48H2,2-3H3,(H,68,73)(H,69,75)(H,70,76)/t57?,58?,59?,60-,63+/m0/s1. The van der Waals surface area contributed by atoms with Crippen LogP contribution in [0.2, 0.25) is 0 Å². The normalized spacial score (nSPS) is 13.6. The number of carbonyl (C=O) groups is 4. The highest BCUT2D eigenvalue weighted by Gasteiger charge is 2.41. The van der Waals surface area contributed by atoms with Gasteiger partial charge in [0.05, 0.1) is 40.6 Å². The Bertz CT molecular complexity index is 2810. The molecule has 408 valence electrons. The summed E-state index contributed by atoms with van der Waals surface area (Å²) in [7, 11) is 0. The van der Waals surface area contributed by atoms with Gasteiger partial charge in [-0.3, -0.25) is 19.2 Å². The molecule has 0 bridgehead atoms. The van der Waals surface area contributed by atoms with E-state index < -0.39 is 63.5 Å². The predicted octanol–water partition coefficient (Wildman–Crippen LogP) is 11.0. The number of ether oxygens (including phenoxy) is 1. The summed E-state index contributed by atoms with van der Waals surface area (Å²) < 4.78 is 3.78. The molecule has 12 heteroatoms. The quantitative estimate of drug-likeness (QED) is 0.0133. The topological polar surface area (TPSA) is 154 Å². The lowest BCUT2D eigenvalue weighted by atomic mass is 9.84. The van der Waals surface area contributed by atoms with Crippen LogP contribution in [0.25, 0.3) is 0 Å². The molecule has 0 saturated carbocycles. The molecule has 5 atom stereocenters. The molecule has 0 spiro atoms. The minimum atomic E-state index is -1.32. The van der Waals surface area contributed by atoms with E-state index in [1.807, 2.05) is 159 Å². The van der Waals surface area contributed by atoms with E-state index in [2.05, 4.69) is 95.3 Å². The van der Waals surface area contributed by atoms with Crippen molar-refractivity contribution in [3.8, 4) is 0 Å². The van der Waals surface area contributed by atoms with Gasteiger partial charge in [0.1, 0.15) is 18.7 Å². The van der Waals surface area contributed by atoms with Crippen LogP contribution in [-0.4, -0.2) is 82.3 Å². The number of allylic oxidation sites excluding steroid dienone is 1. The maximum absolute atomic E-state index is 14.9. The zero-order chi connectivity index (χ0) is 55.9. The van der Waals surface area contributed by atoms with Crippen LogP contribution in [0.4, 0.5) is 0 Å². The number of rotatable bonds is 29. The van der Waals surface area contributed by atoms with Gasteiger partial charge in [0.25, 0.3) is 0 Å². The summed E-state index contributed by atoms with van der Waals surface area (Å²) >= 11 is 3.27. The van der Waals surface area contributed by atoms with Crippen LogP contribution in [-0.2, 0) is 39.8 Å². The average molecular weight is 1090 g/mol.